The summed E-state index contributed by atoms with van der Waals surface area (Å²) in [6.45, 7) is 3.17. The molecule has 0 saturated carbocycles. The Balaban J connectivity index is 2.52. The normalized spacial score (nSPS) is 31.0. The van der Waals surface area contributed by atoms with E-state index in [9.17, 15) is 5.11 Å². The first-order valence-corrected chi connectivity index (χ1v) is 5.05. The standard InChI is InChI=1S/C10H18N2O2/c1-9(3-5-11)12-6-2-4-10(14,7-12)8-13/h9,13-14H,2-4,6-8H2,1H3. The lowest BCUT2D eigenvalue weighted by atomic mass is 9.92. The van der Waals surface area contributed by atoms with Crippen molar-refractivity contribution in [2.75, 3.05) is 19.7 Å². The Morgan fingerprint density at radius 2 is 2.36 bits per heavy atom. The molecule has 0 amide bonds. The number of aliphatic hydroxyl groups excluding tert-OH is 1. The molecule has 1 aliphatic rings. The van der Waals surface area contributed by atoms with E-state index in [1.165, 1.54) is 0 Å². The van der Waals surface area contributed by atoms with E-state index in [0.29, 0.717) is 19.4 Å². The van der Waals surface area contributed by atoms with Crippen LogP contribution in [0.4, 0.5) is 0 Å². The van der Waals surface area contributed by atoms with Gasteiger partial charge in [0.05, 0.1) is 19.1 Å². The molecule has 2 atom stereocenters. The van der Waals surface area contributed by atoms with E-state index in [0.717, 1.165) is 13.0 Å². The van der Waals surface area contributed by atoms with Gasteiger partial charge in [0.2, 0.25) is 0 Å². The van der Waals surface area contributed by atoms with Gasteiger partial charge in [-0.2, -0.15) is 5.26 Å². The molecule has 0 aromatic heterocycles. The van der Waals surface area contributed by atoms with Crippen LogP contribution in [0.2, 0.25) is 0 Å². The summed E-state index contributed by atoms with van der Waals surface area (Å²) < 4.78 is 0. The van der Waals surface area contributed by atoms with Crippen molar-refractivity contribution in [3.8, 4) is 6.07 Å². The first-order valence-electron chi connectivity index (χ1n) is 5.05. The van der Waals surface area contributed by atoms with E-state index < -0.39 is 5.60 Å². The minimum absolute atomic E-state index is 0.165. The van der Waals surface area contributed by atoms with Gasteiger partial charge in [-0.25, -0.2) is 0 Å². The Bertz CT molecular complexity index is 227. The highest BCUT2D eigenvalue weighted by molar-refractivity contribution is 4.90. The fraction of sp³-hybridized carbons (Fsp3) is 0.900. The quantitative estimate of drug-likeness (QED) is 0.675. The second-order valence-corrected chi connectivity index (χ2v) is 4.17. The molecule has 1 fully saturated rings. The molecule has 0 bridgehead atoms. The van der Waals surface area contributed by atoms with E-state index in [1.807, 2.05) is 6.92 Å². The first-order chi connectivity index (χ1) is 6.61. The molecular formula is C10H18N2O2. The molecule has 2 N–H and O–H groups in total. The number of aliphatic hydroxyl groups is 2. The van der Waals surface area contributed by atoms with E-state index in [2.05, 4.69) is 11.0 Å². The number of hydrogen-bond acceptors (Lipinski definition) is 4. The zero-order valence-corrected chi connectivity index (χ0v) is 8.61. The maximum Gasteiger partial charge on any atom is 0.100 e. The monoisotopic (exact) mass is 198 g/mol. The van der Waals surface area contributed by atoms with Gasteiger partial charge in [0, 0.05) is 12.6 Å². The van der Waals surface area contributed by atoms with Gasteiger partial charge >= 0.3 is 0 Å². The maximum atomic E-state index is 9.89. The number of hydrogen-bond donors (Lipinski definition) is 2. The molecule has 2 unspecified atom stereocenters. The highest BCUT2D eigenvalue weighted by atomic mass is 16.3. The van der Waals surface area contributed by atoms with Crippen LogP contribution in [0.3, 0.4) is 0 Å². The highest BCUT2D eigenvalue weighted by Gasteiger charge is 2.34. The Labute approximate surface area is 84.8 Å². The molecule has 0 spiro atoms. The van der Waals surface area contributed by atoms with Gasteiger partial charge in [-0.15, -0.1) is 0 Å². The third-order valence-corrected chi connectivity index (χ3v) is 2.89. The third kappa shape index (κ3) is 2.68. The molecule has 1 saturated heterocycles. The Morgan fingerprint density at radius 3 is 2.93 bits per heavy atom. The molecule has 1 rings (SSSR count). The molecule has 4 nitrogen and oxygen atoms in total. The van der Waals surface area contributed by atoms with Crippen molar-refractivity contribution in [2.24, 2.45) is 0 Å². The summed E-state index contributed by atoms with van der Waals surface area (Å²) in [4.78, 5) is 2.07. The lowest BCUT2D eigenvalue weighted by Gasteiger charge is -2.40. The Hall–Kier alpha value is -0.630. The van der Waals surface area contributed by atoms with E-state index in [4.69, 9.17) is 10.4 Å². The van der Waals surface area contributed by atoms with Crippen LogP contribution >= 0.6 is 0 Å². The van der Waals surface area contributed by atoms with E-state index >= 15 is 0 Å². The van der Waals surface area contributed by atoms with Crippen LogP contribution in [-0.4, -0.2) is 46.5 Å². The summed E-state index contributed by atoms with van der Waals surface area (Å²) in [5, 5.41) is 27.5. The average molecular weight is 198 g/mol. The van der Waals surface area contributed by atoms with Crippen LogP contribution in [-0.2, 0) is 0 Å². The molecular weight excluding hydrogens is 180 g/mol. The zero-order valence-electron chi connectivity index (χ0n) is 8.61. The van der Waals surface area contributed by atoms with Crippen LogP contribution in [0.5, 0.6) is 0 Å². The van der Waals surface area contributed by atoms with Crippen LogP contribution in [0.15, 0.2) is 0 Å². The lowest BCUT2D eigenvalue weighted by molar-refractivity contribution is -0.0743. The minimum atomic E-state index is -0.956. The van der Waals surface area contributed by atoms with Crippen molar-refractivity contribution in [3.63, 3.8) is 0 Å². The van der Waals surface area contributed by atoms with Gasteiger partial charge in [-0.3, -0.25) is 4.90 Å². The Kier molecular flexibility index (Phi) is 3.87. The molecule has 1 heterocycles. The van der Waals surface area contributed by atoms with Crippen molar-refractivity contribution < 1.29 is 10.2 Å². The number of nitrogens with zero attached hydrogens (tertiary/aromatic N) is 2. The topological polar surface area (TPSA) is 67.5 Å². The van der Waals surface area contributed by atoms with Crippen LogP contribution < -0.4 is 0 Å². The van der Waals surface area contributed by atoms with Gasteiger partial charge in [0.15, 0.2) is 0 Å². The molecule has 14 heavy (non-hydrogen) atoms. The average Bonchev–Trinajstić information content (AvgIpc) is 2.18. The molecule has 80 valence electrons. The number of likely N-dealkylation sites (tertiary alicyclic amines) is 1. The predicted molar refractivity (Wildman–Crippen MR) is 52.5 cm³/mol. The van der Waals surface area contributed by atoms with Gasteiger partial charge in [0.1, 0.15) is 5.60 Å². The molecule has 0 aliphatic carbocycles. The van der Waals surface area contributed by atoms with Crippen molar-refractivity contribution in [1.82, 2.24) is 4.90 Å². The maximum absolute atomic E-state index is 9.89. The third-order valence-electron chi connectivity index (χ3n) is 2.89. The van der Waals surface area contributed by atoms with Crippen molar-refractivity contribution in [2.45, 2.75) is 37.8 Å². The molecule has 1 aliphatic heterocycles. The smallest absolute Gasteiger partial charge is 0.100 e. The van der Waals surface area contributed by atoms with Crippen molar-refractivity contribution in [3.05, 3.63) is 0 Å². The van der Waals surface area contributed by atoms with Gasteiger partial charge in [-0.05, 0) is 26.3 Å². The van der Waals surface area contributed by atoms with Crippen LogP contribution in [0, 0.1) is 11.3 Å². The summed E-state index contributed by atoms with van der Waals surface area (Å²) in [7, 11) is 0. The van der Waals surface area contributed by atoms with Crippen LogP contribution in [0.1, 0.15) is 26.2 Å². The van der Waals surface area contributed by atoms with E-state index in [1.54, 1.807) is 0 Å². The number of piperidine rings is 1. The fourth-order valence-corrected chi connectivity index (χ4v) is 1.91. The summed E-state index contributed by atoms with van der Waals surface area (Å²) in [6, 6.07) is 2.29. The van der Waals surface area contributed by atoms with Crippen molar-refractivity contribution in [1.29, 1.82) is 5.26 Å². The van der Waals surface area contributed by atoms with Crippen LogP contribution in [0.25, 0.3) is 0 Å². The van der Waals surface area contributed by atoms with E-state index in [-0.39, 0.29) is 12.6 Å². The summed E-state index contributed by atoms with van der Waals surface area (Å²) >= 11 is 0. The second-order valence-electron chi connectivity index (χ2n) is 4.17. The first kappa shape index (κ1) is 11.4. The fourth-order valence-electron chi connectivity index (χ4n) is 1.91. The highest BCUT2D eigenvalue weighted by Crippen LogP contribution is 2.22. The van der Waals surface area contributed by atoms with Gasteiger partial charge in [0.25, 0.3) is 0 Å². The summed E-state index contributed by atoms with van der Waals surface area (Å²) in [5.41, 5.74) is -0.956. The van der Waals surface area contributed by atoms with Crippen molar-refractivity contribution >= 4 is 0 Å². The van der Waals surface area contributed by atoms with Gasteiger partial charge < -0.3 is 10.2 Å². The Morgan fingerprint density at radius 1 is 1.64 bits per heavy atom. The molecule has 0 radical (unpaired) electrons. The number of β-amino-alcohol motifs (C(OH)–C–C–N with tert-alkyl or cyclic N) is 1. The lowest BCUT2D eigenvalue weighted by Crippen LogP contribution is -2.52. The zero-order chi connectivity index (χ0) is 10.6. The SMILES string of the molecule is CC(CC#N)N1CCCC(O)(CO)C1. The predicted octanol–water partition coefficient (Wildman–Crippen LogP) is 0.108. The number of nitriles is 1. The second kappa shape index (κ2) is 4.74. The molecule has 4 heteroatoms. The molecule has 0 aromatic rings. The largest absolute Gasteiger partial charge is 0.393 e. The van der Waals surface area contributed by atoms with Gasteiger partial charge in [-0.1, -0.05) is 0 Å². The molecule has 0 aromatic carbocycles. The number of rotatable bonds is 3. The summed E-state index contributed by atoms with van der Waals surface area (Å²) in [5.74, 6) is 0. The summed E-state index contributed by atoms with van der Waals surface area (Å²) in [6.07, 6.45) is 2.01. The minimum Gasteiger partial charge on any atom is -0.393 e.